The van der Waals surface area contributed by atoms with E-state index in [4.69, 9.17) is 4.74 Å². The number of aryl methyl sites for hydroxylation is 1. The van der Waals surface area contributed by atoms with Crippen LogP contribution in [-0.4, -0.2) is 13.2 Å². The van der Waals surface area contributed by atoms with E-state index < -0.39 is 5.54 Å². The summed E-state index contributed by atoms with van der Waals surface area (Å²) in [5.74, 6) is 0.592. The molecular weight excluding hydrogens is 240 g/mol. The summed E-state index contributed by atoms with van der Waals surface area (Å²) in [5, 5.41) is 9.22. The molecule has 1 aliphatic carbocycles. The summed E-state index contributed by atoms with van der Waals surface area (Å²) >= 11 is 0. The molecule has 1 aliphatic rings. The van der Waals surface area contributed by atoms with Gasteiger partial charge in [0.2, 0.25) is 6.08 Å². The largest absolute Gasteiger partial charge is 0.495 e. The monoisotopic (exact) mass is 256 g/mol. The van der Waals surface area contributed by atoms with E-state index in [1.165, 1.54) is 0 Å². The van der Waals surface area contributed by atoms with Crippen LogP contribution in [0.2, 0.25) is 0 Å². The predicted molar refractivity (Wildman–Crippen MR) is 70.7 cm³/mol. The molecule has 0 aliphatic heterocycles. The second kappa shape index (κ2) is 5.26. The first kappa shape index (κ1) is 13.3. The van der Waals surface area contributed by atoms with E-state index in [1.807, 2.05) is 13.0 Å². The first-order valence-electron chi connectivity index (χ1n) is 6.35. The number of hydrogen-bond donors (Lipinski definition) is 0. The van der Waals surface area contributed by atoms with E-state index >= 15 is 0 Å². The Hall–Kier alpha value is -2.11. The molecular formula is C15H16N2O2. The normalized spacial score (nSPS) is 16.5. The average Bonchev–Trinajstić information content (AvgIpc) is 2.88. The molecule has 0 heterocycles. The van der Waals surface area contributed by atoms with Gasteiger partial charge in [-0.2, -0.15) is 10.3 Å². The Bertz CT molecular complexity index is 575. The molecule has 0 amide bonds. The van der Waals surface area contributed by atoms with Gasteiger partial charge in [-0.25, -0.2) is 4.79 Å². The SMILES string of the molecule is COc1c(C)cc(C2(N=C=O)CCCC2)cc1C#N. The summed E-state index contributed by atoms with van der Waals surface area (Å²) in [4.78, 5) is 14.8. The fourth-order valence-corrected chi connectivity index (χ4v) is 2.91. The predicted octanol–water partition coefficient (Wildman–Crippen LogP) is 2.98. The molecule has 1 aromatic rings. The molecule has 0 unspecified atom stereocenters. The molecule has 4 nitrogen and oxygen atoms in total. The maximum absolute atomic E-state index is 10.7. The number of nitriles is 1. The number of nitrogens with zero attached hydrogens (tertiary/aromatic N) is 2. The number of hydrogen-bond acceptors (Lipinski definition) is 4. The molecule has 19 heavy (non-hydrogen) atoms. The molecule has 0 spiro atoms. The highest BCUT2D eigenvalue weighted by Gasteiger charge is 2.36. The van der Waals surface area contributed by atoms with Crippen molar-refractivity contribution in [3.8, 4) is 11.8 Å². The van der Waals surface area contributed by atoms with Gasteiger partial charge < -0.3 is 4.74 Å². The first-order chi connectivity index (χ1) is 9.16. The van der Waals surface area contributed by atoms with Crippen LogP contribution in [0.3, 0.4) is 0 Å². The Morgan fingerprint density at radius 2 is 2.05 bits per heavy atom. The topological polar surface area (TPSA) is 62.4 Å². The molecule has 4 heteroatoms. The number of rotatable bonds is 3. The second-order valence-electron chi connectivity index (χ2n) is 4.93. The van der Waals surface area contributed by atoms with Crippen LogP contribution in [0.15, 0.2) is 17.1 Å². The van der Waals surface area contributed by atoms with Gasteiger partial charge in [-0.3, -0.25) is 0 Å². The molecule has 0 N–H and O–H groups in total. The molecule has 2 rings (SSSR count). The van der Waals surface area contributed by atoms with Crippen molar-refractivity contribution in [3.63, 3.8) is 0 Å². The summed E-state index contributed by atoms with van der Waals surface area (Å²) in [7, 11) is 1.55. The summed E-state index contributed by atoms with van der Waals surface area (Å²) in [6, 6.07) is 5.90. The van der Waals surface area contributed by atoms with Gasteiger partial charge in [0.25, 0.3) is 0 Å². The summed E-state index contributed by atoms with van der Waals surface area (Å²) in [6.45, 7) is 1.90. The van der Waals surface area contributed by atoms with Gasteiger partial charge in [0.1, 0.15) is 11.8 Å². The third kappa shape index (κ3) is 2.25. The smallest absolute Gasteiger partial charge is 0.235 e. The van der Waals surface area contributed by atoms with Gasteiger partial charge in [-0.1, -0.05) is 12.8 Å². The van der Waals surface area contributed by atoms with Crippen molar-refractivity contribution in [3.05, 3.63) is 28.8 Å². The Labute approximate surface area is 112 Å². The van der Waals surface area contributed by atoms with Gasteiger partial charge in [-0.15, -0.1) is 0 Å². The van der Waals surface area contributed by atoms with E-state index in [0.717, 1.165) is 36.8 Å². The third-order valence-corrected chi connectivity index (χ3v) is 3.83. The molecule has 98 valence electrons. The summed E-state index contributed by atoms with van der Waals surface area (Å²) in [5.41, 5.74) is 1.81. The zero-order valence-electron chi connectivity index (χ0n) is 11.2. The van der Waals surface area contributed by atoms with E-state index in [0.29, 0.717) is 11.3 Å². The fraction of sp³-hybridized carbons (Fsp3) is 0.467. The van der Waals surface area contributed by atoms with Crippen molar-refractivity contribution in [1.82, 2.24) is 0 Å². The number of benzene rings is 1. The number of aliphatic imine (C=N–C) groups is 1. The highest BCUT2D eigenvalue weighted by Crippen LogP contribution is 2.43. The number of ether oxygens (including phenoxy) is 1. The van der Waals surface area contributed by atoms with E-state index in [1.54, 1.807) is 19.3 Å². The standard InChI is InChI=1S/C15H16N2O2/c1-11-7-13(8-12(9-16)14(11)19-2)15(17-10-18)5-3-4-6-15/h7-8H,3-6H2,1-2H3. The van der Waals surface area contributed by atoms with Gasteiger partial charge >= 0.3 is 0 Å². The highest BCUT2D eigenvalue weighted by atomic mass is 16.5. The molecule has 0 atom stereocenters. The van der Waals surface area contributed by atoms with Gasteiger partial charge in [-0.05, 0) is 43.0 Å². The van der Waals surface area contributed by atoms with Crippen LogP contribution < -0.4 is 4.74 Å². The lowest BCUT2D eigenvalue weighted by atomic mass is 9.86. The van der Waals surface area contributed by atoms with Gasteiger partial charge in [0.15, 0.2) is 0 Å². The number of carbonyl (C=O) groups excluding carboxylic acids is 1. The lowest BCUT2D eigenvalue weighted by molar-refractivity contribution is 0.408. The van der Waals surface area contributed by atoms with Crippen LogP contribution in [0.4, 0.5) is 0 Å². The maximum atomic E-state index is 10.7. The van der Waals surface area contributed by atoms with E-state index in [2.05, 4.69) is 11.1 Å². The third-order valence-electron chi connectivity index (χ3n) is 3.83. The van der Waals surface area contributed by atoms with Crippen LogP contribution in [0, 0.1) is 18.3 Å². The van der Waals surface area contributed by atoms with Crippen LogP contribution in [0.5, 0.6) is 5.75 Å². The van der Waals surface area contributed by atoms with Crippen molar-refractivity contribution < 1.29 is 9.53 Å². The van der Waals surface area contributed by atoms with Crippen molar-refractivity contribution in [1.29, 1.82) is 5.26 Å². The van der Waals surface area contributed by atoms with Gasteiger partial charge in [0, 0.05) is 0 Å². The van der Waals surface area contributed by atoms with Crippen molar-refractivity contribution in [2.45, 2.75) is 38.1 Å². The van der Waals surface area contributed by atoms with E-state index in [9.17, 15) is 10.1 Å². The minimum Gasteiger partial charge on any atom is -0.495 e. The van der Waals surface area contributed by atoms with E-state index in [-0.39, 0.29) is 0 Å². The molecule has 1 aromatic carbocycles. The van der Waals surface area contributed by atoms with Gasteiger partial charge in [0.05, 0.1) is 18.2 Å². The number of methoxy groups -OCH3 is 1. The average molecular weight is 256 g/mol. The number of isocyanates is 1. The summed E-state index contributed by atoms with van der Waals surface area (Å²) < 4.78 is 5.25. The molecule has 0 saturated heterocycles. The maximum Gasteiger partial charge on any atom is 0.235 e. The Balaban J connectivity index is 2.60. The quantitative estimate of drug-likeness (QED) is 0.617. The lowest BCUT2D eigenvalue weighted by Gasteiger charge is -2.24. The summed E-state index contributed by atoms with van der Waals surface area (Å²) in [6.07, 6.45) is 5.44. The molecule has 0 bridgehead atoms. The van der Waals surface area contributed by atoms with Crippen LogP contribution in [-0.2, 0) is 10.3 Å². The van der Waals surface area contributed by atoms with Crippen molar-refractivity contribution in [2.24, 2.45) is 4.99 Å². The lowest BCUT2D eigenvalue weighted by Crippen LogP contribution is -2.19. The van der Waals surface area contributed by atoms with Crippen molar-refractivity contribution >= 4 is 6.08 Å². The second-order valence-corrected chi connectivity index (χ2v) is 4.93. The molecule has 0 radical (unpaired) electrons. The minimum atomic E-state index is -0.496. The Kier molecular flexibility index (Phi) is 3.69. The Morgan fingerprint density at radius 1 is 1.37 bits per heavy atom. The zero-order valence-corrected chi connectivity index (χ0v) is 11.2. The van der Waals surface area contributed by atoms with Crippen LogP contribution >= 0.6 is 0 Å². The first-order valence-corrected chi connectivity index (χ1v) is 6.35. The minimum absolute atomic E-state index is 0.491. The molecule has 1 fully saturated rings. The highest BCUT2D eigenvalue weighted by molar-refractivity contribution is 5.53. The Morgan fingerprint density at radius 3 is 2.58 bits per heavy atom. The van der Waals surface area contributed by atoms with Crippen molar-refractivity contribution in [2.75, 3.05) is 7.11 Å². The fourth-order valence-electron chi connectivity index (χ4n) is 2.91. The van der Waals surface area contributed by atoms with Crippen LogP contribution in [0.25, 0.3) is 0 Å². The molecule has 0 aromatic heterocycles. The van der Waals surface area contributed by atoms with Crippen LogP contribution in [0.1, 0.15) is 42.4 Å². The zero-order chi connectivity index (χ0) is 13.9. The molecule has 1 saturated carbocycles.